The Bertz CT molecular complexity index is 870. The van der Waals surface area contributed by atoms with Crippen LogP contribution in [0.4, 0.5) is 0 Å². The normalized spacial score (nSPS) is 14.0. The Kier molecular flexibility index (Phi) is 4.36. The van der Waals surface area contributed by atoms with E-state index in [4.69, 9.17) is 4.52 Å². The van der Waals surface area contributed by atoms with Crippen molar-refractivity contribution in [3.05, 3.63) is 36.0 Å². The molecule has 2 aromatic rings. The van der Waals surface area contributed by atoms with Crippen LogP contribution in [0.2, 0.25) is 0 Å². The average molecular weight is 345 g/mol. The van der Waals surface area contributed by atoms with Crippen LogP contribution in [-0.4, -0.2) is 33.2 Å². The highest BCUT2D eigenvalue weighted by Gasteiger charge is 2.22. The van der Waals surface area contributed by atoms with Crippen LogP contribution in [0.25, 0.3) is 0 Å². The molecule has 0 aliphatic rings. The van der Waals surface area contributed by atoms with Gasteiger partial charge in [-0.1, -0.05) is 5.16 Å². The molecule has 0 bridgehead atoms. The lowest BCUT2D eigenvalue weighted by atomic mass is 10.4. The van der Waals surface area contributed by atoms with E-state index in [1.807, 2.05) is 0 Å². The fourth-order valence-corrected chi connectivity index (χ4v) is 3.53. The minimum atomic E-state index is -3.83. The topological polar surface area (TPSA) is 119 Å². The number of sulfonamides is 1. The molecule has 0 saturated heterocycles. The zero-order valence-electron chi connectivity index (χ0n) is 12.1. The van der Waals surface area contributed by atoms with Crippen LogP contribution in [0, 0.1) is 6.92 Å². The maximum Gasteiger partial charge on any atom is 0.244 e. The van der Waals surface area contributed by atoms with Gasteiger partial charge >= 0.3 is 0 Å². The smallest absolute Gasteiger partial charge is 0.244 e. The summed E-state index contributed by atoms with van der Waals surface area (Å²) in [7, 11) is -7.21. The molecular formula is C12H15N3O5S2. The van der Waals surface area contributed by atoms with E-state index in [1.165, 1.54) is 24.3 Å². The molecule has 0 amide bonds. The van der Waals surface area contributed by atoms with Gasteiger partial charge in [-0.2, -0.15) is 9.71 Å². The molecule has 1 aromatic heterocycles. The molecule has 22 heavy (non-hydrogen) atoms. The van der Waals surface area contributed by atoms with Crippen molar-refractivity contribution in [2.45, 2.75) is 29.7 Å². The van der Waals surface area contributed by atoms with Gasteiger partial charge in [0, 0.05) is 6.26 Å². The summed E-state index contributed by atoms with van der Waals surface area (Å²) in [6.07, 6.45) is 1.05. The van der Waals surface area contributed by atoms with E-state index >= 15 is 0 Å². The lowest BCUT2D eigenvalue weighted by Crippen LogP contribution is -2.27. The molecule has 0 radical (unpaired) electrons. The van der Waals surface area contributed by atoms with Crippen LogP contribution in [0.1, 0.15) is 24.7 Å². The predicted molar refractivity (Wildman–Crippen MR) is 77.3 cm³/mol. The van der Waals surface area contributed by atoms with Gasteiger partial charge in [0.25, 0.3) is 0 Å². The van der Waals surface area contributed by atoms with E-state index in [-0.39, 0.29) is 15.7 Å². The standard InChI is InChI=1S/C12H15N3O5S2/c1-8(12-13-9(2)14-20-12)15-22(18,19)11-6-4-10(5-7-11)21(3,16)17/h4-8,15H,1-3H3/t8-/m0/s1. The molecule has 0 aliphatic carbocycles. The highest BCUT2D eigenvalue weighted by Crippen LogP contribution is 2.17. The first-order valence-corrected chi connectivity index (χ1v) is 9.60. The maximum atomic E-state index is 12.2. The third kappa shape index (κ3) is 3.70. The van der Waals surface area contributed by atoms with E-state index in [0.29, 0.717) is 5.82 Å². The number of benzene rings is 1. The third-order valence-corrected chi connectivity index (χ3v) is 5.49. The third-order valence-electron chi connectivity index (χ3n) is 2.81. The maximum absolute atomic E-state index is 12.2. The van der Waals surface area contributed by atoms with Gasteiger partial charge in [0.15, 0.2) is 15.7 Å². The second-order valence-corrected chi connectivity index (χ2v) is 8.50. The van der Waals surface area contributed by atoms with E-state index < -0.39 is 25.9 Å². The van der Waals surface area contributed by atoms with Crippen molar-refractivity contribution in [3.63, 3.8) is 0 Å². The molecule has 10 heteroatoms. The molecule has 1 atom stereocenters. The molecule has 8 nitrogen and oxygen atoms in total. The van der Waals surface area contributed by atoms with E-state index in [9.17, 15) is 16.8 Å². The zero-order chi connectivity index (χ0) is 16.5. The molecule has 120 valence electrons. The van der Waals surface area contributed by atoms with Crippen LogP contribution in [0.15, 0.2) is 38.6 Å². The molecule has 1 heterocycles. The van der Waals surface area contributed by atoms with Gasteiger partial charge in [-0.05, 0) is 38.1 Å². The predicted octanol–water partition coefficient (Wildman–Crippen LogP) is 0.821. The van der Waals surface area contributed by atoms with Crippen molar-refractivity contribution in [3.8, 4) is 0 Å². The first kappa shape index (κ1) is 16.6. The van der Waals surface area contributed by atoms with E-state index in [2.05, 4.69) is 14.9 Å². The summed E-state index contributed by atoms with van der Waals surface area (Å²) >= 11 is 0. The van der Waals surface area contributed by atoms with Gasteiger partial charge in [0.1, 0.15) is 0 Å². The van der Waals surface area contributed by atoms with Crippen molar-refractivity contribution in [1.29, 1.82) is 0 Å². The number of nitrogens with one attached hydrogen (secondary N) is 1. The number of aromatic nitrogens is 2. The van der Waals surface area contributed by atoms with Crippen LogP contribution < -0.4 is 4.72 Å². The molecule has 0 saturated carbocycles. The van der Waals surface area contributed by atoms with Crippen molar-refractivity contribution in [2.24, 2.45) is 0 Å². The molecule has 0 aliphatic heterocycles. The van der Waals surface area contributed by atoms with Crippen molar-refractivity contribution >= 4 is 19.9 Å². The second kappa shape index (κ2) is 5.78. The monoisotopic (exact) mass is 345 g/mol. The fraction of sp³-hybridized carbons (Fsp3) is 0.333. The molecule has 0 fully saturated rings. The highest BCUT2D eigenvalue weighted by atomic mass is 32.2. The Morgan fingerprint density at radius 1 is 1.09 bits per heavy atom. The summed E-state index contributed by atoms with van der Waals surface area (Å²) < 4.78 is 54.5. The Balaban J connectivity index is 2.23. The number of hydrogen-bond acceptors (Lipinski definition) is 7. The quantitative estimate of drug-likeness (QED) is 0.852. The van der Waals surface area contributed by atoms with E-state index in [0.717, 1.165) is 6.26 Å². The van der Waals surface area contributed by atoms with Crippen LogP contribution >= 0.6 is 0 Å². The van der Waals surface area contributed by atoms with E-state index in [1.54, 1.807) is 13.8 Å². The molecular weight excluding hydrogens is 330 g/mol. The summed E-state index contributed by atoms with van der Waals surface area (Å²) in [6.45, 7) is 3.19. The molecule has 2 rings (SSSR count). The Morgan fingerprint density at radius 2 is 1.64 bits per heavy atom. The minimum Gasteiger partial charge on any atom is -0.338 e. The molecule has 0 unspecified atom stereocenters. The fourth-order valence-electron chi connectivity index (χ4n) is 1.71. The number of rotatable bonds is 5. The van der Waals surface area contributed by atoms with Crippen molar-refractivity contribution < 1.29 is 21.4 Å². The Morgan fingerprint density at radius 3 is 2.09 bits per heavy atom. The lowest BCUT2D eigenvalue weighted by molar-refractivity contribution is 0.351. The van der Waals surface area contributed by atoms with Gasteiger partial charge in [-0.15, -0.1) is 0 Å². The number of sulfone groups is 1. The molecule has 1 aromatic carbocycles. The minimum absolute atomic E-state index is 0.0482. The molecule has 0 spiro atoms. The zero-order valence-corrected chi connectivity index (χ0v) is 13.8. The van der Waals surface area contributed by atoms with Gasteiger partial charge in [0.2, 0.25) is 15.9 Å². The van der Waals surface area contributed by atoms with Crippen LogP contribution in [-0.2, 0) is 19.9 Å². The Hall–Kier alpha value is -1.78. The second-order valence-electron chi connectivity index (χ2n) is 4.77. The first-order chi connectivity index (χ1) is 10.1. The number of aryl methyl sites for hydroxylation is 1. The van der Waals surface area contributed by atoms with Gasteiger partial charge in [0.05, 0.1) is 15.8 Å². The van der Waals surface area contributed by atoms with Crippen molar-refractivity contribution in [2.75, 3.05) is 6.26 Å². The van der Waals surface area contributed by atoms with Crippen LogP contribution in [0.3, 0.4) is 0 Å². The SMILES string of the molecule is Cc1noc([C@H](C)NS(=O)(=O)c2ccc(S(C)(=O)=O)cc2)n1. The highest BCUT2D eigenvalue weighted by molar-refractivity contribution is 7.90. The summed E-state index contributed by atoms with van der Waals surface area (Å²) in [6, 6.07) is 4.23. The largest absolute Gasteiger partial charge is 0.338 e. The Labute approximate surface area is 128 Å². The summed E-state index contributed by atoms with van der Waals surface area (Å²) in [5.41, 5.74) is 0. The summed E-state index contributed by atoms with van der Waals surface area (Å²) in [4.78, 5) is 3.95. The lowest BCUT2D eigenvalue weighted by Gasteiger charge is -2.10. The van der Waals surface area contributed by atoms with Crippen molar-refractivity contribution in [1.82, 2.24) is 14.9 Å². The average Bonchev–Trinajstić information content (AvgIpc) is 2.84. The first-order valence-electron chi connectivity index (χ1n) is 6.22. The van der Waals surface area contributed by atoms with Gasteiger partial charge in [-0.25, -0.2) is 16.8 Å². The van der Waals surface area contributed by atoms with Gasteiger partial charge in [-0.3, -0.25) is 0 Å². The number of hydrogen-bond donors (Lipinski definition) is 1. The summed E-state index contributed by atoms with van der Waals surface area (Å²) in [5, 5.41) is 3.59. The molecule has 1 N–H and O–H groups in total. The van der Waals surface area contributed by atoms with Gasteiger partial charge < -0.3 is 4.52 Å². The number of nitrogens with zero attached hydrogens (tertiary/aromatic N) is 2. The summed E-state index contributed by atoms with van der Waals surface area (Å²) in [5.74, 6) is 0.549. The van der Waals surface area contributed by atoms with Crippen LogP contribution in [0.5, 0.6) is 0 Å².